The van der Waals surface area contributed by atoms with Gasteiger partial charge in [-0.05, 0) is 6.42 Å². The monoisotopic (exact) mass is 501 g/mol. The molecule has 10 atom stereocenters. The number of hydrogen-bond donors (Lipinski definition) is 4. The first kappa shape index (κ1) is 27.8. The molecule has 0 radical (unpaired) electrons. The first-order valence-corrected chi connectivity index (χ1v) is 11.1. The van der Waals surface area contributed by atoms with Crippen LogP contribution in [0.15, 0.2) is 0 Å². The Hall–Kier alpha value is -1.47. The summed E-state index contributed by atoms with van der Waals surface area (Å²) in [5, 5.41) is 45.5. The van der Waals surface area contributed by atoms with Gasteiger partial charge in [-0.15, -0.1) is 0 Å². The van der Waals surface area contributed by atoms with Gasteiger partial charge in [0.1, 0.15) is 36.6 Å². The number of rotatable bonds is 9. The van der Waals surface area contributed by atoms with Crippen LogP contribution in [0.3, 0.4) is 0 Å². The van der Waals surface area contributed by atoms with Gasteiger partial charge in [-0.25, -0.2) is 8.42 Å². The first-order chi connectivity index (χ1) is 15.3. The van der Waals surface area contributed by atoms with Gasteiger partial charge in [-0.1, -0.05) is 0 Å². The maximum absolute atomic E-state index is 11.7. The number of amides is 1. The number of aliphatic carboxylic acids is 1. The van der Waals surface area contributed by atoms with E-state index in [1.807, 2.05) is 0 Å². The quantitative estimate of drug-likeness (QED) is 0.171. The van der Waals surface area contributed by atoms with Crippen molar-refractivity contribution >= 4 is 22.3 Å². The van der Waals surface area contributed by atoms with Crippen molar-refractivity contribution in [1.29, 1.82) is 0 Å². The zero-order valence-electron chi connectivity index (χ0n) is 17.9. The molecular formula is C17H27NO14S-2. The fourth-order valence-corrected chi connectivity index (χ4v) is 4.31. The van der Waals surface area contributed by atoms with E-state index in [1.54, 1.807) is 0 Å². The second-order valence-electron chi connectivity index (χ2n) is 7.67. The molecule has 15 nitrogen and oxygen atoms in total. The summed E-state index contributed by atoms with van der Waals surface area (Å²) in [4.78, 5) is 23.2. The van der Waals surface area contributed by atoms with Crippen LogP contribution in [0.25, 0.3) is 0 Å². The molecule has 1 aliphatic carbocycles. The number of carboxylic acids is 1. The summed E-state index contributed by atoms with van der Waals surface area (Å²) in [5.41, 5.74) is 0. The van der Waals surface area contributed by atoms with E-state index < -0.39 is 96.3 Å². The highest BCUT2D eigenvalue weighted by atomic mass is 32.3. The molecule has 16 heteroatoms. The Bertz CT molecular complexity index is 793. The van der Waals surface area contributed by atoms with Gasteiger partial charge in [-0.2, -0.15) is 0 Å². The van der Waals surface area contributed by atoms with Gasteiger partial charge < -0.3 is 54.0 Å². The molecule has 4 N–H and O–H groups in total. The number of ether oxygens (including phenoxy) is 4. The van der Waals surface area contributed by atoms with Crippen LogP contribution in [0, 0.1) is 5.92 Å². The predicted molar refractivity (Wildman–Crippen MR) is 99.5 cm³/mol. The molecule has 2 aliphatic rings. The highest BCUT2D eigenvalue weighted by Gasteiger charge is 2.51. The van der Waals surface area contributed by atoms with E-state index in [4.69, 9.17) is 18.9 Å². The van der Waals surface area contributed by atoms with Crippen molar-refractivity contribution < 1.29 is 66.1 Å². The summed E-state index contributed by atoms with van der Waals surface area (Å²) in [7, 11) is -2.83. The zero-order valence-corrected chi connectivity index (χ0v) is 18.7. The molecule has 1 aliphatic heterocycles. The highest BCUT2D eigenvalue weighted by molar-refractivity contribution is 7.80. The molecule has 0 aromatic rings. The molecule has 1 amide bonds. The topological polar surface area (TPSA) is 233 Å². The van der Waals surface area contributed by atoms with Gasteiger partial charge in [0.25, 0.3) is 0 Å². The Balaban J connectivity index is 2.33. The van der Waals surface area contributed by atoms with E-state index in [9.17, 15) is 43.0 Å². The summed E-state index contributed by atoms with van der Waals surface area (Å²) >= 11 is 0. The molecule has 2 rings (SSSR count). The SMILES string of the molecule is CO[C@@H]1OC(COS(=O)(=O)[O-])[C@H](O)[C@H](O[C@@H]2CC(C(=O)[O-])[C@@H](OC)[C@H](O)C2O)C1NC(C)=O. The van der Waals surface area contributed by atoms with Crippen molar-refractivity contribution in [2.75, 3.05) is 20.8 Å². The van der Waals surface area contributed by atoms with Crippen LogP contribution in [0.1, 0.15) is 13.3 Å². The smallest absolute Gasteiger partial charge is 0.217 e. The van der Waals surface area contributed by atoms with E-state index >= 15 is 0 Å². The predicted octanol–water partition coefficient (Wildman–Crippen LogP) is -5.04. The molecule has 0 aromatic heterocycles. The van der Waals surface area contributed by atoms with E-state index in [1.165, 1.54) is 7.11 Å². The zero-order chi connectivity index (χ0) is 25.1. The van der Waals surface area contributed by atoms with Crippen molar-refractivity contribution in [3.8, 4) is 0 Å². The van der Waals surface area contributed by atoms with Crippen LogP contribution in [-0.4, -0.2) is 116 Å². The number of hydrogen-bond acceptors (Lipinski definition) is 14. The number of carbonyl (C=O) groups excluding carboxylic acids is 2. The third-order valence-corrected chi connectivity index (χ3v) is 5.93. The summed E-state index contributed by atoms with van der Waals surface area (Å²) < 4.78 is 57.8. The van der Waals surface area contributed by atoms with E-state index in [0.29, 0.717) is 0 Å². The summed E-state index contributed by atoms with van der Waals surface area (Å²) in [6, 6.07) is -1.23. The van der Waals surface area contributed by atoms with Crippen molar-refractivity contribution in [2.24, 2.45) is 5.92 Å². The Kier molecular flexibility index (Phi) is 9.51. The van der Waals surface area contributed by atoms with Crippen molar-refractivity contribution in [3.63, 3.8) is 0 Å². The number of carboxylic acid groups (broad SMARTS) is 1. The van der Waals surface area contributed by atoms with Gasteiger partial charge in [0.15, 0.2) is 6.29 Å². The minimum absolute atomic E-state index is 0.399. The maximum atomic E-state index is 11.7. The van der Waals surface area contributed by atoms with Gasteiger partial charge in [0.2, 0.25) is 16.3 Å². The van der Waals surface area contributed by atoms with Crippen LogP contribution >= 0.6 is 0 Å². The lowest BCUT2D eigenvalue weighted by molar-refractivity contribution is -0.324. The molecule has 0 bridgehead atoms. The van der Waals surface area contributed by atoms with E-state index in [-0.39, 0.29) is 0 Å². The second-order valence-corrected chi connectivity index (χ2v) is 8.72. The molecule has 0 aromatic carbocycles. The van der Waals surface area contributed by atoms with Gasteiger partial charge in [0.05, 0.1) is 18.8 Å². The van der Waals surface area contributed by atoms with Crippen LogP contribution in [0.2, 0.25) is 0 Å². The van der Waals surface area contributed by atoms with Crippen molar-refractivity contribution in [2.45, 2.75) is 68.4 Å². The Morgan fingerprint density at radius 3 is 2.21 bits per heavy atom. The maximum Gasteiger partial charge on any atom is 0.217 e. The molecule has 1 saturated heterocycles. The molecule has 1 heterocycles. The summed E-state index contributed by atoms with van der Waals surface area (Å²) in [5.74, 6) is -3.56. The fraction of sp³-hybridized carbons (Fsp3) is 0.882. The molecular weight excluding hydrogens is 474 g/mol. The molecule has 192 valence electrons. The Morgan fingerprint density at radius 1 is 1.09 bits per heavy atom. The van der Waals surface area contributed by atoms with E-state index in [2.05, 4.69) is 9.50 Å². The average Bonchev–Trinajstić information content (AvgIpc) is 2.71. The number of aliphatic hydroxyl groups excluding tert-OH is 3. The van der Waals surface area contributed by atoms with Crippen LogP contribution in [-0.2, 0) is 43.1 Å². The van der Waals surface area contributed by atoms with Crippen molar-refractivity contribution in [3.05, 3.63) is 0 Å². The molecule has 33 heavy (non-hydrogen) atoms. The third-order valence-electron chi connectivity index (χ3n) is 5.51. The Labute approximate surface area is 189 Å². The molecule has 2 fully saturated rings. The minimum atomic E-state index is -5.14. The van der Waals surface area contributed by atoms with Crippen LogP contribution in [0.5, 0.6) is 0 Å². The molecule has 1 saturated carbocycles. The summed E-state index contributed by atoms with van der Waals surface area (Å²) in [6.07, 6.45) is -12.5. The lowest BCUT2D eigenvalue weighted by Gasteiger charge is -2.48. The number of aliphatic hydroxyl groups is 3. The Morgan fingerprint density at radius 2 is 1.73 bits per heavy atom. The van der Waals surface area contributed by atoms with Crippen molar-refractivity contribution in [1.82, 2.24) is 5.32 Å². The second kappa shape index (κ2) is 11.3. The lowest BCUT2D eigenvalue weighted by Crippen LogP contribution is -2.67. The van der Waals surface area contributed by atoms with Crippen LogP contribution in [0.4, 0.5) is 0 Å². The number of methoxy groups -OCH3 is 2. The molecule has 4 unspecified atom stereocenters. The average molecular weight is 501 g/mol. The van der Waals surface area contributed by atoms with Gasteiger partial charge in [0, 0.05) is 33.0 Å². The minimum Gasteiger partial charge on any atom is -0.726 e. The molecule has 0 spiro atoms. The van der Waals surface area contributed by atoms with Gasteiger partial charge in [-0.3, -0.25) is 8.98 Å². The normalized spacial score (nSPS) is 39.7. The van der Waals surface area contributed by atoms with E-state index in [0.717, 1.165) is 14.0 Å². The summed E-state index contributed by atoms with van der Waals surface area (Å²) in [6.45, 7) is 0.215. The lowest BCUT2D eigenvalue weighted by atomic mass is 9.80. The fourth-order valence-electron chi connectivity index (χ4n) is 4.00. The standard InChI is InChI=1S/C17H29NO14S/c1-6(19)18-10-15(12(21)9(32-17(10)29-3)5-30-33(25,26)27)31-8-4-7(16(23)24)14(28-2)13(22)11(8)20/h7-15,17,20-22H,4-5H2,1-3H3,(H,18,19)(H,23,24)(H,25,26,27)/p-2/t7?,8-,9?,10?,11?,12+,13-,14-,15-,17-/m1/s1. The number of nitrogens with one attached hydrogen (secondary N) is 1. The first-order valence-electron chi connectivity index (χ1n) is 9.79. The third kappa shape index (κ3) is 6.78. The largest absolute Gasteiger partial charge is 0.726 e. The highest BCUT2D eigenvalue weighted by Crippen LogP contribution is 2.33. The van der Waals surface area contributed by atoms with Crippen LogP contribution < -0.4 is 10.4 Å². The number of carbonyl (C=O) groups is 2. The van der Waals surface area contributed by atoms with Gasteiger partial charge >= 0.3 is 0 Å².